The average Bonchev–Trinajstić information content (AvgIpc) is 3.49. The van der Waals surface area contributed by atoms with Crippen molar-refractivity contribution in [2.24, 2.45) is 0 Å². The summed E-state index contributed by atoms with van der Waals surface area (Å²) in [5.41, 5.74) is 3.89. The summed E-state index contributed by atoms with van der Waals surface area (Å²) in [6.45, 7) is 6.98. The van der Waals surface area contributed by atoms with E-state index in [0.29, 0.717) is 29.5 Å². The number of aromatic amines is 1. The lowest BCUT2D eigenvalue weighted by Crippen LogP contribution is -2.29. The Balaban J connectivity index is 1.59. The Morgan fingerprint density at radius 3 is 2.38 bits per heavy atom. The van der Waals surface area contributed by atoms with Crippen molar-refractivity contribution >= 4 is 34.0 Å². The number of carbonyl (C=O) groups excluding carboxylic acids is 2. The minimum absolute atomic E-state index is 0.0642. The molecule has 39 heavy (non-hydrogen) atoms. The topological polar surface area (TPSA) is 82.6 Å². The van der Waals surface area contributed by atoms with Gasteiger partial charge < -0.3 is 14.8 Å². The number of para-hydroxylation sites is 1. The van der Waals surface area contributed by atoms with Gasteiger partial charge in [0.15, 0.2) is 0 Å². The number of nitrogens with zero attached hydrogens (tertiary/aromatic N) is 1. The number of aliphatic hydroxyl groups excluding tert-OH is 1. The summed E-state index contributed by atoms with van der Waals surface area (Å²) in [6.07, 6.45) is 5.02. The number of benzene rings is 3. The van der Waals surface area contributed by atoms with Crippen molar-refractivity contribution in [3.8, 4) is 5.75 Å². The van der Waals surface area contributed by atoms with Crippen LogP contribution in [0.1, 0.15) is 68.7 Å². The van der Waals surface area contributed by atoms with Gasteiger partial charge in [0.05, 0.1) is 18.2 Å². The number of carbonyl (C=O) groups is 2. The number of nitrogens with one attached hydrogen (secondary N) is 1. The van der Waals surface area contributed by atoms with E-state index >= 15 is 0 Å². The van der Waals surface area contributed by atoms with Crippen LogP contribution < -0.4 is 9.64 Å². The van der Waals surface area contributed by atoms with E-state index in [1.165, 1.54) is 4.90 Å². The molecule has 0 bridgehead atoms. The molecule has 1 aliphatic rings. The monoisotopic (exact) mass is 522 g/mol. The van der Waals surface area contributed by atoms with Gasteiger partial charge in [-0.1, -0.05) is 63.9 Å². The molecular weight excluding hydrogens is 488 g/mol. The van der Waals surface area contributed by atoms with Crippen LogP contribution in [-0.2, 0) is 9.59 Å². The molecular formula is C33H34N2O4. The van der Waals surface area contributed by atoms with Crippen LogP contribution in [0.4, 0.5) is 5.69 Å². The number of hydrogen-bond donors (Lipinski definition) is 2. The zero-order valence-corrected chi connectivity index (χ0v) is 22.6. The van der Waals surface area contributed by atoms with Crippen molar-refractivity contribution < 1.29 is 19.4 Å². The van der Waals surface area contributed by atoms with Crippen molar-refractivity contribution in [3.63, 3.8) is 0 Å². The van der Waals surface area contributed by atoms with Crippen molar-refractivity contribution in [2.75, 3.05) is 11.5 Å². The summed E-state index contributed by atoms with van der Waals surface area (Å²) in [5, 5.41) is 12.4. The van der Waals surface area contributed by atoms with E-state index in [4.69, 9.17) is 4.74 Å². The summed E-state index contributed by atoms with van der Waals surface area (Å²) in [7, 11) is 0. The quantitative estimate of drug-likeness (QED) is 0.103. The minimum atomic E-state index is -0.795. The average molecular weight is 523 g/mol. The van der Waals surface area contributed by atoms with Crippen LogP contribution in [0.25, 0.3) is 16.7 Å². The zero-order chi connectivity index (χ0) is 27.5. The van der Waals surface area contributed by atoms with Crippen LogP contribution in [0.3, 0.4) is 0 Å². The molecule has 0 saturated carbocycles. The number of rotatable bonds is 9. The third kappa shape index (κ3) is 5.07. The first-order chi connectivity index (χ1) is 18.9. The molecule has 1 aliphatic heterocycles. The molecule has 0 aliphatic carbocycles. The molecule has 6 heteroatoms. The molecule has 1 amide bonds. The second kappa shape index (κ2) is 11.2. The Morgan fingerprint density at radius 2 is 1.69 bits per heavy atom. The number of H-pyrrole nitrogens is 1. The lowest BCUT2D eigenvalue weighted by atomic mass is 9.94. The number of ketones is 1. The third-order valence-corrected chi connectivity index (χ3v) is 7.34. The van der Waals surface area contributed by atoms with E-state index in [-0.39, 0.29) is 11.3 Å². The van der Waals surface area contributed by atoms with Crippen LogP contribution in [0.15, 0.2) is 84.6 Å². The number of aromatic nitrogens is 1. The number of anilines is 1. The van der Waals surface area contributed by atoms with E-state index in [0.717, 1.165) is 41.3 Å². The molecule has 4 aromatic rings. The Labute approximate surface area is 228 Å². The molecule has 5 rings (SSSR count). The molecule has 6 nitrogen and oxygen atoms in total. The molecule has 1 atom stereocenters. The first-order valence-corrected chi connectivity index (χ1v) is 13.6. The van der Waals surface area contributed by atoms with Gasteiger partial charge in [0.2, 0.25) is 0 Å². The number of ether oxygens (including phenoxy) is 1. The van der Waals surface area contributed by atoms with Crippen LogP contribution in [0.5, 0.6) is 5.75 Å². The van der Waals surface area contributed by atoms with Crippen molar-refractivity contribution in [2.45, 2.75) is 52.0 Å². The van der Waals surface area contributed by atoms with E-state index < -0.39 is 17.7 Å². The van der Waals surface area contributed by atoms with Crippen LogP contribution in [-0.4, -0.2) is 28.4 Å². The third-order valence-electron chi connectivity index (χ3n) is 7.34. The fourth-order valence-electron chi connectivity index (χ4n) is 5.14. The van der Waals surface area contributed by atoms with Crippen molar-refractivity contribution in [1.82, 2.24) is 4.98 Å². The predicted octanol–water partition coefficient (Wildman–Crippen LogP) is 7.49. The zero-order valence-electron chi connectivity index (χ0n) is 22.6. The van der Waals surface area contributed by atoms with E-state index in [1.54, 1.807) is 24.3 Å². The second-order valence-corrected chi connectivity index (χ2v) is 10.3. The molecule has 1 unspecified atom stereocenters. The van der Waals surface area contributed by atoms with Gasteiger partial charge in [0.25, 0.3) is 11.7 Å². The van der Waals surface area contributed by atoms with Crippen LogP contribution >= 0.6 is 0 Å². The molecule has 3 aromatic carbocycles. The Kier molecular flexibility index (Phi) is 7.55. The smallest absolute Gasteiger partial charge is 0.300 e. The van der Waals surface area contributed by atoms with Gasteiger partial charge in [-0.2, -0.15) is 0 Å². The largest absolute Gasteiger partial charge is 0.507 e. The van der Waals surface area contributed by atoms with Gasteiger partial charge in [0.1, 0.15) is 11.5 Å². The maximum absolute atomic E-state index is 13.5. The van der Waals surface area contributed by atoms with E-state index in [2.05, 4.69) is 25.8 Å². The number of fused-ring (bicyclic) bond motifs is 1. The maximum Gasteiger partial charge on any atom is 0.300 e. The molecule has 1 saturated heterocycles. The number of Topliss-reactive ketones (excluding diaryl/α,β-unsaturated/α-hetero) is 1. The molecule has 0 spiro atoms. The fourth-order valence-corrected chi connectivity index (χ4v) is 5.14. The summed E-state index contributed by atoms with van der Waals surface area (Å²) in [5.74, 6) is -0.558. The standard InChI is InChI=1S/C33H34N2O4/c1-4-5-8-19-39-25-17-13-23(14-18-25)31(36)29-30(27-20-34-28-10-7-6-9-26(27)28)35(33(38)32(29)37)24-15-11-22(12-16-24)21(2)3/h6-7,9-18,20-21,30,34,36H,4-5,8,19H2,1-3H3/b31-29+. The highest BCUT2D eigenvalue weighted by atomic mass is 16.5. The summed E-state index contributed by atoms with van der Waals surface area (Å²) >= 11 is 0. The first-order valence-electron chi connectivity index (χ1n) is 13.6. The van der Waals surface area contributed by atoms with Crippen LogP contribution in [0.2, 0.25) is 0 Å². The molecule has 200 valence electrons. The Bertz CT molecular complexity index is 1510. The number of aliphatic hydroxyl groups is 1. The van der Waals surface area contributed by atoms with Crippen LogP contribution in [0, 0.1) is 0 Å². The fraction of sp³-hybridized carbons (Fsp3) is 0.273. The van der Waals surface area contributed by atoms with Gasteiger partial charge in [-0.3, -0.25) is 14.5 Å². The number of amides is 1. The van der Waals surface area contributed by atoms with E-state index in [1.807, 2.05) is 54.7 Å². The lowest BCUT2D eigenvalue weighted by molar-refractivity contribution is -0.132. The molecule has 2 heterocycles. The highest BCUT2D eigenvalue weighted by molar-refractivity contribution is 6.51. The highest BCUT2D eigenvalue weighted by Crippen LogP contribution is 2.44. The molecule has 1 aromatic heterocycles. The van der Waals surface area contributed by atoms with Crippen molar-refractivity contribution in [1.29, 1.82) is 0 Å². The maximum atomic E-state index is 13.5. The molecule has 2 N–H and O–H groups in total. The summed E-state index contributed by atoms with van der Waals surface area (Å²) in [4.78, 5) is 31.8. The normalized spacial score (nSPS) is 16.9. The number of unbranched alkanes of at least 4 members (excludes halogenated alkanes) is 2. The summed E-state index contributed by atoms with van der Waals surface area (Å²) in [6, 6.07) is 21.6. The highest BCUT2D eigenvalue weighted by Gasteiger charge is 2.47. The lowest BCUT2D eigenvalue weighted by Gasteiger charge is -2.25. The van der Waals surface area contributed by atoms with Gasteiger partial charge >= 0.3 is 0 Å². The molecule has 1 fully saturated rings. The van der Waals surface area contributed by atoms with Gasteiger partial charge in [0, 0.05) is 33.9 Å². The SMILES string of the molecule is CCCCCOc1ccc(/C(O)=C2\C(=O)C(=O)N(c3ccc(C(C)C)cc3)C2c2c[nH]c3ccccc23)cc1. The Hall–Kier alpha value is -4.32. The number of hydrogen-bond acceptors (Lipinski definition) is 4. The van der Waals surface area contributed by atoms with Gasteiger partial charge in [-0.15, -0.1) is 0 Å². The second-order valence-electron chi connectivity index (χ2n) is 10.3. The summed E-state index contributed by atoms with van der Waals surface area (Å²) < 4.78 is 5.80. The first kappa shape index (κ1) is 26.3. The van der Waals surface area contributed by atoms with Gasteiger partial charge in [-0.25, -0.2) is 0 Å². The Morgan fingerprint density at radius 1 is 0.974 bits per heavy atom. The van der Waals surface area contributed by atoms with Crippen molar-refractivity contribution in [3.05, 3.63) is 101 Å². The van der Waals surface area contributed by atoms with E-state index in [9.17, 15) is 14.7 Å². The molecule has 0 radical (unpaired) electrons. The minimum Gasteiger partial charge on any atom is -0.507 e. The predicted molar refractivity (Wildman–Crippen MR) is 155 cm³/mol. The van der Waals surface area contributed by atoms with Gasteiger partial charge in [-0.05, 0) is 60.4 Å².